The molecular weight excluding hydrogens is 340 g/mol. The van der Waals surface area contributed by atoms with Gasteiger partial charge in [0.15, 0.2) is 0 Å². The molecule has 0 aromatic heterocycles. The van der Waals surface area contributed by atoms with Crippen LogP contribution in [-0.2, 0) is 0 Å². The molecule has 1 N–H and O–H groups in total. The van der Waals surface area contributed by atoms with Gasteiger partial charge in [-0.2, -0.15) is 0 Å². The van der Waals surface area contributed by atoms with E-state index in [4.69, 9.17) is 0 Å². The Morgan fingerprint density at radius 3 is 2.50 bits per heavy atom. The molecular formula is C27H44O. The average molecular weight is 385 g/mol. The Hall–Kier alpha value is -0.560. The van der Waals surface area contributed by atoms with Gasteiger partial charge in [0.25, 0.3) is 0 Å². The maximum absolute atomic E-state index is 10.2. The normalized spacial score (nSPS) is 43.7. The summed E-state index contributed by atoms with van der Waals surface area (Å²) >= 11 is 0. The summed E-state index contributed by atoms with van der Waals surface area (Å²) in [5, 5.41) is 10.2. The minimum Gasteiger partial charge on any atom is -0.393 e. The van der Waals surface area contributed by atoms with Crippen LogP contribution in [0.15, 0.2) is 23.3 Å². The molecule has 0 aromatic rings. The minimum absolute atomic E-state index is 0.106. The van der Waals surface area contributed by atoms with Crippen LogP contribution < -0.4 is 0 Å². The van der Waals surface area contributed by atoms with Gasteiger partial charge in [0.05, 0.1) is 6.10 Å². The molecule has 158 valence electrons. The minimum atomic E-state index is -0.106. The zero-order valence-electron chi connectivity index (χ0n) is 19.1. The Balaban J connectivity index is 1.53. The van der Waals surface area contributed by atoms with Crippen LogP contribution in [0.5, 0.6) is 0 Å². The third-order valence-corrected chi connectivity index (χ3v) is 9.75. The van der Waals surface area contributed by atoms with Crippen LogP contribution in [0.1, 0.15) is 98.8 Å². The van der Waals surface area contributed by atoms with Crippen LogP contribution in [0, 0.1) is 40.4 Å². The van der Waals surface area contributed by atoms with E-state index in [9.17, 15) is 5.11 Å². The number of fused-ring (bicyclic) bond motifs is 5. The lowest BCUT2D eigenvalue weighted by Gasteiger charge is -2.55. The van der Waals surface area contributed by atoms with Crippen molar-refractivity contribution in [3.05, 3.63) is 23.3 Å². The lowest BCUT2D eigenvalue weighted by atomic mass is 9.50. The lowest BCUT2D eigenvalue weighted by Crippen LogP contribution is -2.46. The summed E-state index contributed by atoms with van der Waals surface area (Å²) in [5.41, 5.74) is 4.19. The molecule has 4 aliphatic rings. The largest absolute Gasteiger partial charge is 0.393 e. The molecule has 7 atom stereocenters. The average Bonchev–Trinajstić information content (AvgIpc) is 2.99. The van der Waals surface area contributed by atoms with Gasteiger partial charge in [0.1, 0.15) is 0 Å². The van der Waals surface area contributed by atoms with Gasteiger partial charge in [-0.25, -0.2) is 0 Å². The highest BCUT2D eigenvalue weighted by Gasteiger charge is 2.56. The molecule has 0 bridgehead atoms. The van der Waals surface area contributed by atoms with E-state index in [1.54, 1.807) is 11.1 Å². The molecule has 1 nitrogen and oxygen atoms in total. The first kappa shape index (κ1) is 20.7. The quantitative estimate of drug-likeness (QED) is 0.527. The second-order valence-corrected chi connectivity index (χ2v) is 11.8. The fraction of sp³-hybridized carbons (Fsp3) is 0.852. The first-order valence-electron chi connectivity index (χ1n) is 12.3. The van der Waals surface area contributed by atoms with Crippen molar-refractivity contribution in [3.63, 3.8) is 0 Å². The summed E-state index contributed by atoms with van der Waals surface area (Å²) < 4.78 is 0. The molecule has 28 heavy (non-hydrogen) atoms. The highest BCUT2D eigenvalue weighted by molar-refractivity contribution is 5.38. The fourth-order valence-electron chi connectivity index (χ4n) is 8.01. The number of allylic oxidation sites excluding steroid dienone is 3. The molecule has 0 heterocycles. The number of hydrogen-bond acceptors (Lipinski definition) is 1. The summed E-state index contributed by atoms with van der Waals surface area (Å²) in [5.74, 6) is 4.19. The van der Waals surface area contributed by atoms with Crippen molar-refractivity contribution >= 4 is 0 Å². The number of aliphatic hydroxyl groups is 1. The Morgan fingerprint density at radius 2 is 1.75 bits per heavy atom. The van der Waals surface area contributed by atoms with Crippen LogP contribution in [0.25, 0.3) is 0 Å². The Kier molecular flexibility index (Phi) is 5.62. The van der Waals surface area contributed by atoms with Gasteiger partial charge >= 0.3 is 0 Å². The van der Waals surface area contributed by atoms with Crippen molar-refractivity contribution in [1.29, 1.82) is 0 Å². The zero-order valence-corrected chi connectivity index (χ0v) is 19.1. The lowest BCUT2D eigenvalue weighted by molar-refractivity contribution is 0.0323. The Bertz CT molecular complexity index is 643. The first-order chi connectivity index (χ1) is 13.3. The van der Waals surface area contributed by atoms with Gasteiger partial charge in [-0.3, -0.25) is 0 Å². The molecule has 0 spiro atoms. The van der Waals surface area contributed by atoms with Gasteiger partial charge in [0.2, 0.25) is 0 Å². The SMILES string of the molecule is CC(C)CCC[C@H](C)C1CCC2C3=CC=C4CC(O)CCC4(C)C3CCC21C. The van der Waals surface area contributed by atoms with E-state index in [1.807, 2.05) is 0 Å². The molecule has 0 saturated heterocycles. The number of aliphatic hydroxyl groups excluding tert-OH is 1. The predicted octanol–water partition coefficient (Wildman–Crippen LogP) is 7.31. The van der Waals surface area contributed by atoms with Crippen LogP contribution in [0.3, 0.4) is 0 Å². The Labute approximate surface area is 174 Å². The summed E-state index contributed by atoms with van der Waals surface area (Å²) in [6.07, 6.45) is 17.8. The van der Waals surface area contributed by atoms with Gasteiger partial charge in [-0.05, 0) is 85.4 Å². The van der Waals surface area contributed by atoms with Crippen LogP contribution >= 0.6 is 0 Å². The summed E-state index contributed by atoms with van der Waals surface area (Å²) in [6.45, 7) is 12.5. The molecule has 0 aliphatic heterocycles. The summed E-state index contributed by atoms with van der Waals surface area (Å²) in [6, 6.07) is 0. The Morgan fingerprint density at radius 1 is 0.964 bits per heavy atom. The fourth-order valence-corrected chi connectivity index (χ4v) is 8.01. The van der Waals surface area contributed by atoms with Crippen LogP contribution in [0.4, 0.5) is 0 Å². The van der Waals surface area contributed by atoms with E-state index in [0.717, 1.165) is 42.4 Å². The van der Waals surface area contributed by atoms with Gasteiger partial charge in [-0.15, -0.1) is 0 Å². The van der Waals surface area contributed by atoms with Crippen molar-refractivity contribution in [2.45, 2.75) is 105 Å². The highest BCUT2D eigenvalue weighted by atomic mass is 16.3. The summed E-state index contributed by atoms with van der Waals surface area (Å²) in [4.78, 5) is 0. The molecule has 6 unspecified atom stereocenters. The van der Waals surface area contributed by atoms with Crippen LogP contribution in [-0.4, -0.2) is 11.2 Å². The molecule has 3 fully saturated rings. The number of hydrogen-bond donors (Lipinski definition) is 1. The van der Waals surface area contributed by atoms with E-state index < -0.39 is 0 Å². The molecule has 0 radical (unpaired) electrons. The zero-order chi connectivity index (χ0) is 20.1. The van der Waals surface area contributed by atoms with Crippen molar-refractivity contribution < 1.29 is 5.11 Å². The predicted molar refractivity (Wildman–Crippen MR) is 119 cm³/mol. The molecule has 4 rings (SSSR count). The molecule has 3 saturated carbocycles. The summed E-state index contributed by atoms with van der Waals surface area (Å²) in [7, 11) is 0. The first-order valence-corrected chi connectivity index (χ1v) is 12.3. The van der Waals surface area contributed by atoms with E-state index >= 15 is 0 Å². The topological polar surface area (TPSA) is 20.2 Å². The third kappa shape index (κ3) is 3.34. The van der Waals surface area contributed by atoms with Crippen molar-refractivity contribution in [2.24, 2.45) is 40.4 Å². The smallest absolute Gasteiger partial charge is 0.0578 e. The van der Waals surface area contributed by atoms with Gasteiger partial charge in [-0.1, -0.05) is 77.2 Å². The second kappa shape index (κ2) is 7.60. The third-order valence-electron chi connectivity index (χ3n) is 9.75. The van der Waals surface area contributed by atoms with Gasteiger partial charge < -0.3 is 5.11 Å². The van der Waals surface area contributed by atoms with Crippen LogP contribution in [0.2, 0.25) is 0 Å². The van der Waals surface area contributed by atoms with E-state index in [1.165, 1.54) is 51.4 Å². The molecule has 0 amide bonds. The van der Waals surface area contributed by atoms with Gasteiger partial charge in [0, 0.05) is 0 Å². The van der Waals surface area contributed by atoms with E-state index in [2.05, 4.69) is 46.8 Å². The molecule has 0 aromatic carbocycles. The monoisotopic (exact) mass is 384 g/mol. The van der Waals surface area contributed by atoms with Crippen molar-refractivity contribution in [3.8, 4) is 0 Å². The van der Waals surface area contributed by atoms with Crippen molar-refractivity contribution in [1.82, 2.24) is 0 Å². The molecule has 4 aliphatic carbocycles. The maximum atomic E-state index is 10.2. The highest BCUT2D eigenvalue weighted by Crippen LogP contribution is 2.66. The standard InChI is InChI=1S/C27H44O/c1-18(2)7-6-8-19(3)23-11-12-24-22-10-9-20-17-21(28)13-15-26(20,4)25(22)14-16-27(23,24)5/h9-10,18-19,21,23-25,28H,6-8,11-17H2,1-5H3/t19-,21?,23?,24?,25?,26?,27?/m0/s1. The molecule has 1 heteroatoms. The van der Waals surface area contributed by atoms with E-state index in [0.29, 0.717) is 10.8 Å². The number of rotatable bonds is 5. The maximum Gasteiger partial charge on any atom is 0.0578 e. The van der Waals surface area contributed by atoms with Crippen molar-refractivity contribution in [2.75, 3.05) is 0 Å². The van der Waals surface area contributed by atoms with E-state index in [-0.39, 0.29) is 6.10 Å². The second-order valence-electron chi connectivity index (χ2n) is 11.8.